The number of carbonyl (C=O) groups is 1. The van der Waals surface area contributed by atoms with Gasteiger partial charge >= 0.3 is 5.97 Å². The Kier molecular flexibility index (Phi) is 3.23. The summed E-state index contributed by atoms with van der Waals surface area (Å²) < 4.78 is 2.06. The number of imidazole rings is 1. The molecule has 0 aliphatic carbocycles. The molecule has 0 spiro atoms. The van der Waals surface area contributed by atoms with Crippen LogP contribution in [0.5, 0.6) is 0 Å². The molecule has 0 saturated carbocycles. The standard InChI is InChI=1S/C14H13N3O2S/c1-2-12-16-13-10(14(18)19)4-3-5-11(13)17(12)7-9-6-15-8-20-9/h3-6,8H,2,7H2,1H3,(H,18,19). The van der Waals surface area contributed by atoms with E-state index in [-0.39, 0.29) is 5.56 Å². The number of benzene rings is 1. The molecule has 3 aromatic rings. The summed E-state index contributed by atoms with van der Waals surface area (Å²) in [5.41, 5.74) is 3.46. The molecule has 3 rings (SSSR count). The van der Waals surface area contributed by atoms with Gasteiger partial charge in [0.05, 0.1) is 23.1 Å². The van der Waals surface area contributed by atoms with E-state index in [0.29, 0.717) is 12.1 Å². The maximum absolute atomic E-state index is 11.3. The highest BCUT2D eigenvalue weighted by Gasteiger charge is 2.16. The van der Waals surface area contributed by atoms with E-state index in [1.807, 2.05) is 19.2 Å². The van der Waals surface area contributed by atoms with Gasteiger partial charge in [0.2, 0.25) is 0 Å². The van der Waals surface area contributed by atoms with Gasteiger partial charge in [0.1, 0.15) is 11.3 Å². The van der Waals surface area contributed by atoms with Crippen molar-refractivity contribution in [2.45, 2.75) is 19.9 Å². The second-order valence-corrected chi connectivity index (χ2v) is 5.38. The summed E-state index contributed by atoms with van der Waals surface area (Å²) in [4.78, 5) is 21.0. The van der Waals surface area contributed by atoms with Crippen molar-refractivity contribution in [2.24, 2.45) is 0 Å². The van der Waals surface area contributed by atoms with Gasteiger partial charge in [0.25, 0.3) is 0 Å². The molecule has 0 fully saturated rings. The van der Waals surface area contributed by atoms with Crippen LogP contribution in [0.15, 0.2) is 29.9 Å². The highest BCUT2D eigenvalue weighted by atomic mass is 32.1. The largest absolute Gasteiger partial charge is 0.478 e. The summed E-state index contributed by atoms with van der Waals surface area (Å²) in [5.74, 6) is -0.0530. The van der Waals surface area contributed by atoms with Crippen LogP contribution in [0.2, 0.25) is 0 Å². The molecule has 0 atom stereocenters. The number of rotatable bonds is 4. The maximum atomic E-state index is 11.3. The van der Waals surface area contributed by atoms with Gasteiger partial charge in [-0.1, -0.05) is 13.0 Å². The van der Waals surface area contributed by atoms with Crippen LogP contribution in [0.4, 0.5) is 0 Å². The highest BCUT2D eigenvalue weighted by molar-refractivity contribution is 7.09. The lowest BCUT2D eigenvalue weighted by atomic mass is 10.2. The minimum atomic E-state index is -0.944. The van der Waals surface area contributed by atoms with Gasteiger partial charge in [0.15, 0.2) is 0 Å². The number of aromatic carboxylic acids is 1. The number of hydrogen-bond acceptors (Lipinski definition) is 4. The molecule has 0 aliphatic rings. The molecular formula is C14H13N3O2S. The first-order valence-electron chi connectivity index (χ1n) is 6.29. The van der Waals surface area contributed by atoms with Crippen LogP contribution in [-0.4, -0.2) is 25.6 Å². The van der Waals surface area contributed by atoms with Crippen LogP contribution in [0, 0.1) is 0 Å². The summed E-state index contributed by atoms with van der Waals surface area (Å²) in [6.45, 7) is 2.69. The lowest BCUT2D eigenvalue weighted by Gasteiger charge is -2.06. The van der Waals surface area contributed by atoms with E-state index in [4.69, 9.17) is 0 Å². The fourth-order valence-electron chi connectivity index (χ4n) is 2.29. The average molecular weight is 287 g/mol. The zero-order valence-corrected chi connectivity index (χ0v) is 11.7. The number of aromatic nitrogens is 3. The van der Waals surface area contributed by atoms with E-state index in [9.17, 15) is 9.90 Å². The lowest BCUT2D eigenvalue weighted by Crippen LogP contribution is -2.03. The molecule has 0 unspecified atom stereocenters. The van der Waals surface area contributed by atoms with Crippen LogP contribution in [0.25, 0.3) is 11.0 Å². The normalized spacial score (nSPS) is 11.1. The molecule has 2 aromatic heterocycles. The number of fused-ring (bicyclic) bond motifs is 1. The number of para-hydroxylation sites is 1. The van der Waals surface area contributed by atoms with Crippen LogP contribution < -0.4 is 0 Å². The topological polar surface area (TPSA) is 68.0 Å². The van der Waals surface area contributed by atoms with E-state index in [2.05, 4.69) is 14.5 Å². The van der Waals surface area contributed by atoms with Crippen molar-refractivity contribution >= 4 is 28.3 Å². The lowest BCUT2D eigenvalue weighted by molar-refractivity contribution is 0.0699. The van der Waals surface area contributed by atoms with Crippen molar-refractivity contribution in [3.8, 4) is 0 Å². The predicted octanol–water partition coefficient (Wildman–Crippen LogP) is 2.80. The molecule has 1 aromatic carbocycles. The van der Waals surface area contributed by atoms with Crippen molar-refractivity contribution in [3.63, 3.8) is 0 Å². The first kappa shape index (κ1) is 12.8. The van der Waals surface area contributed by atoms with Crippen LogP contribution >= 0.6 is 11.3 Å². The summed E-state index contributed by atoms with van der Waals surface area (Å²) in [5, 5.41) is 9.26. The highest BCUT2D eigenvalue weighted by Crippen LogP contribution is 2.22. The molecule has 0 amide bonds. The molecule has 20 heavy (non-hydrogen) atoms. The summed E-state index contributed by atoms with van der Waals surface area (Å²) in [7, 11) is 0. The molecule has 5 nitrogen and oxygen atoms in total. The Morgan fingerprint density at radius 2 is 2.30 bits per heavy atom. The van der Waals surface area contributed by atoms with E-state index in [1.54, 1.807) is 29.0 Å². The van der Waals surface area contributed by atoms with Crippen LogP contribution in [0.3, 0.4) is 0 Å². The number of carboxylic acid groups (broad SMARTS) is 1. The third-order valence-corrected chi connectivity index (χ3v) is 3.97. The fourth-order valence-corrected chi connectivity index (χ4v) is 2.87. The summed E-state index contributed by atoms with van der Waals surface area (Å²) in [6.07, 6.45) is 2.59. The average Bonchev–Trinajstić information content (AvgIpc) is 3.06. The molecule has 0 aliphatic heterocycles. The Bertz CT molecular complexity index is 762. The van der Waals surface area contributed by atoms with Gasteiger partial charge in [-0.2, -0.15) is 0 Å². The monoisotopic (exact) mass is 287 g/mol. The zero-order valence-electron chi connectivity index (χ0n) is 10.9. The van der Waals surface area contributed by atoms with Gasteiger partial charge in [0, 0.05) is 17.5 Å². The predicted molar refractivity (Wildman–Crippen MR) is 77.3 cm³/mol. The molecule has 102 valence electrons. The number of thiazole rings is 1. The summed E-state index contributed by atoms with van der Waals surface area (Å²) >= 11 is 1.58. The Morgan fingerprint density at radius 3 is 2.95 bits per heavy atom. The number of hydrogen-bond donors (Lipinski definition) is 1. The van der Waals surface area contributed by atoms with Crippen molar-refractivity contribution in [3.05, 3.63) is 46.2 Å². The van der Waals surface area contributed by atoms with Gasteiger partial charge in [-0.3, -0.25) is 4.98 Å². The van der Waals surface area contributed by atoms with E-state index >= 15 is 0 Å². The van der Waals surface area contributed by atoms with Crippen molar-refractivity contribution < 1.29 is 9.90 Å². The van der Waals surface area contributed by atoms with E-state index in [0.717, 1.165) is 22.6 Å². The van der Waals surface area contributed by atoms with Crippen LogP contribution in [-0.2, 0) is 13.0 Å². The van der Waals surface area contributed by atoms with Crippen molar-refractivity contribution in [1.29, 1.82) is 0 Å². The van der Waals surface area contributed by atoms with Crippen LogP contribution in [0.1, 0.15) is 28.0 Å². The fraction of sp³-hybridized carbons (Fsp3) is 0.214. The van der Waals surface area contributed by atoms with Crippen molar-refractivity contribution in [2.75, 3.05) is 0 Å². The maximum Gasteiger partial charge on any atom is 0.337 e. The Labute approximate surface area is 119 Å². The first-order chi connectivity index (χ1) is 9.70. The van der Waals surface area contributed by atoms with Gasteiger partial charge in [-0.05, 0) is 12.1 Å². The second kappa shape index (κ2) is 5.05. The number of aryl methyl sites for hydroxylation is 1. The molecule has 0 saturated heterocycles. The molecule has 6 heteroatoms. The third kappa shape index (κ3) is 2.08. The van der Waals surface area contributed by atoms with Gasteiger partial charge < -0.3 is 9.67 Å². The number of nitrogens with zero attached hydrogens (tertiary/aromatic N) is 3. The van der Waals surface area contributed by atoms with E-state index < -0.39 is 5.97 Å². The third-order valence-electron chi connectivity index (χ3n) is 3.20. The molecule has 0 radical (unpaired) electrons. The minimum Gasteiger partial charge on any atom is -0.478 e. The van der Waals surface area contributed by atoms with Gasteiger partial charge in [-0.15, -0.1) is 11.3 Å². The second-order valence-electron chi connectivity index (χ2n) is 4.41. The SMILES string of the molecule is CCc1nc2c(C(=O)O)cccc2n1Cc1cncs1. The molecule has 2 heterocycles. The Morgan fingerprint density at radius 1 is 1.45 bits per heavy atom. The molecular weight excluding hydrogens is 274 g/mol. The first-order valence-corrected chi connectivity index (χ1v) is 7.17. The Hall–Kier alpha value is -2.21. The van der Waals surface area contributed by atoms with Gasteiger partial charge in [-0.25, -0.2) is 9.78 Å². The zero-order chi connectivity index (χ0) is 14.1. The minimum absolute atomic E-state index is 0.250. The molecule has 0 bridgehead atoms. The molecule has 1 N–H and O–H groups in total. The number of carboxylic acids is 1. The Balaban J connectivity index is 2.19. The quantitative estimate of drug-likeness (QED) is 0.801. The summed E-state index contributed by atoms with van der Waals surface area (Å²) in [6, 6.07) is 5.26. The van der Waals surface area contributed by atoms with Crippen molar-refractivity contribution in [1.82, 2.24) is 14.5 Å². The van der Waals surface area contributed by atoms with E-state index in [1.165, 1.54) is 0 Å². The smallest absolute Gasteiger partial charge is 0.337 e.